The first-order valence-electron chi connectivity index (χ1n) is 7.57. The van der Waals surface area contributed by atoms with Gasteiger partial charge in [-0.1, -0.05) is 0 Å². The Morgan fingerprint density at radius 2 is 1.96 bits per heavy atom. The third kappa shape index (κ3) is 3.60. The Kier molecular flexibility index (Phi) is 5.56. The molecule has 0 spiro atoms. The standard InChI is InChI=1S/C14H14Br2ClN5O4S/c1-19(2)27(25,26)20-6-9(18-7-20)3-8(17)5-21-13(23)11-4-10(15)12(16)22(11)14(21)24/h4,6-8H,3,5H2,1-2H3/t8-/m1/s1. The van der Waals surface area contributed by atoms with Crippen molar-refractivity contribution in [2.45, 2.75) is 11.8 Å². The first-order chi connectivity index (χ1) is 12.5. The van der Waals surface area contributed by atoms with Crippen LogP contribution in [0.15, 0.2) is 27.7 Å². The van der Waals surface area contributed by atoms with Gasteiger partial charge in [0.15, 0.2) is 0 Å². The highest BCUT2D eigenvalue weighted by molar-refractivity contribution is 9.13. The van der Waals surface area contributed by atoms with E-state index in [-0.39, 0.29) is 18.7 Å². The molecule has 3 heterocycles. The van der Waals surface area contributed by atoms with E-state index in [4.69, 9.17) is 11.6 Å². The van der Waals surface area contributed by atoms with Crippen LogP contribution in [0.5, 0.6) is 0 Å². The van der Waals surface area contributed by atoms with E-state index in [9.17, 15) is 18.0 Å². The van der Waals surface area contributed by atoms with Gasteiger partial charge >= 0.3 is 16.2 Å². The van der Waals surface area contributed by atoms with Gasteiger partial charge in [-0.3, -0.25) is 9.69 Å². The van der Waals surface area contributed by atoms with Crippen LogP contribution in [-0.2, 0) is 16.6 Å². The molecule has 0 unspecified atom stereocenters. The summed E-state index contributed by atoms with van der Waals surface area (Å²) in [6.45, 7) is -0.0295. The summed E-state index contributed by atoms with van der Waals surface area (Å²) in [5, 5.41) is -0.630. The second-order valence-corrected chi connectivity index (χ2v) is 10.3. The van der Waals surface area contributed by atoms with E-state index in [0.29, 0.717) is 14.8 Å². The van der Waals surface area contributed by atoms with Crippen molar-refractivity contribution in [1.82, 2.24) is 22.7 Å². The number of alkyl halides is 1. The zero-order valence-corrected chi connectivity index (χ0v) is 18.9. The van der Waals surface area contributed by atoms with E-state index in [1.165, 1.54) is 31.2 Å². The average molecular weight is 544 g/mol. The van der Waals surface area contributed by atoms with Crippen LogP contribution in [0.2, 0.25) is 0 Å². The predicted molar refractivity (Wildman–Crippen MR) is 105 cm³/mol. The Labute approximate surface area is 177 Å². The molecule has 0 N–H and O–H groups in total. The van der Waals surface area contributed by atoms with Crippen molar-refractivity contribution in [2.24, 2.45) is 0 Å². The summed E-state index contributed by atoms with van der Waals surface area (Å²) >= 11 is 12.8. The second kappa shape index (κ2) is 7.32. The Morgan fingerprint density at radius 3 is 2.56 bits per heavy atom. The number of nitrogens with zero attached hydrogens (tertiary/aromatic N) is 5. The Balaban J connectivity index is 1.71. The van der Waals surface area contributed by atoms with Crippen molar-refractivity contribution in [3.8, 4) is 0 Å². The summed E-state index contributed by atoms with van der Waals surface area (Å²) in [6, 6.07) is 1.06. The van der Waals surface area contributed by atoms with Crippen molar-refractivity contribution < 1.29 is 18.0 Å². The molecule has 0 radical (unpaired) electrons. The summed E-state index contributed by atoms with van der Waals surface area (Å²) in [5.74, 6) is -0.447. The number of amides is 2. The minimum Gasteiger partial charge on any atom is -0.267 e. The molecule has 9 nitrogen and oxygen atoms in total. The molecule has 2 amide bonds. The third-order valence-electron chi connectivity index (χ3n) is 3.94. The minimum absolute atomic E-state index is 0.0295. The van der Waals surface area contributed by atoms with E-state index in [0.717, 1.165) is 13.2 Å². The number of rotatable bonds is 6. The van der Waals surface area contributed by atoms with Gasteiger partial charge in [0.05, 0.1) is 15.5 Å². The molecule has 0 bridgehead atoms. The average Bonchev–Trinajstić information content (AvgIpc) is 3.22. The number of carbonyl (C=O) groups is 2. The van der Waals surface area contributed by atoms with E-state index in [1.807, 2.05) is 0 Å². The number of halogens is 3. The maximum absolute atomic E-state index is 12.5. The molecule has 13 heteroatoms. The zero-order chi connectivity index (χ0) is 20.1. The van der Waals surface area contributed by atoms with E-state index < -0.39 is 27.5 Å². The van der Waals surface area contributed by atoms with Gasteiger partial charge in [0.1, 0.15) is 16.6 Å². The number of hydrogen-bond donors (Lipinski definition) is 0. The number of hydrogen-bond acceptors (Lipinski definition) is 5. The van der Waals surface area contributed by atoms with Crippen molar-refractivity contribution in [3.63, 3.8) is 0 Å². The van der Waals surface area contributed by atoms with E-state index >= 15 is 0 Å². The molecule has 1 atom stereocenters. The molecule has 0 fully saturated rings. The molecule has 2 aromatic heterocycles. The molecule has 1 aliphatic rings. The lowest BCUT2D eigenvalue weighted by Crippen LogP contribution is -2.36. The summed E-state index contributed by atoms with van der Waals surface area (Å²) < 4.78 is 28.5. The number of imidazole rings is 1. The predicted octanol–water partition coefficient (Wildman–Crippen LogP) is 2.14. The maximum Gasteiger partial charge on any atom is 0.336 e. The topological polar surface area (TPSA) is 97.5 Å². The molecule has 0 aromatic carbocycles. The molecular formula is C14H14Br2ClN5O4S. The lowest BCUT2D eigenvalue weighted by Gasteiger charge is -2.17. The highest BCUT2D eigenvalue weighted by Gasteiger charge is 2.39. The van der Waals surface area contributed by atoms with Gasteiger partial charge in [-0.05, 0) is 37.9 Å². The lowest BCUT2D eigenvalue weighted by molar-refractivity contribution is 0.0832. The monoisotopic (exact) mass is 541 g/mol. The van der Waals surface area contributed by atoms with Crippen molar-refractivity contribution in [3.05, 3.63) is 39.1 Å². The highest BCUT2D eigenvalue weighted by Crippen LogP contribution is 2.32. The molecule has 146 valence electrons. The quantitative estimate of drug-likeness (QED) is 0.520. The Hall–Kier alpha value is -1.21. The van der Waals surface area contributed by atoms with Gasteiger partial charge in [0.2, 0.25) is 0 Å². The summed E-state index contributed by atoms with van der Waals surface area (Å²) in [4.78, 5) is 30.0. The fourth-order valence-corrected chi connectivity index (χ4v) is 4.51. The Bertz CT molecular complexity index is 1030. The molecule has 3 rings (SSSR count). The normalized spacial score (nSPS) is 15.7. The maximum atomic E-state index is 12.5. The summed E-state index contributed by atoms with van der Waals surface area (Å²) in [7, 11) is -0.832. The molecule has 0 saturated carbocycles. The van der Waals surface area contributed by atoms with Gasteiger partial charge in [-0.2, -0.15) is 12.7 Å². The molecule has 0 saturated heterocycles. The van der Waals surface area contributed by atoms with Crippen molar-refractivity contribution >= 4 is 65.6 Å². The smallest absolute Gasteiger partial charge is 0.267 e. The van der Waals surface area contributed by atoms with Crippen LogP contribution in [-0.4, -0.2) is 69.1 Å². The highest BCUT2D eigenvalue weighted by atomic mass is 79.9. The van der Waals surface area contributed by atoms with Crippen molar-refractivity contribution in [2.75, 3.05) is 20.6 Å². The molecule has 0 aliphatic carbocycles. The van der Waals surface area contributed by atoms with Crippen LogP contribution in [0.1, 0.15) is 16.2 Å². The molecule has 1 aliphatic heterocycles. The molecule has 2 aromatic rings. The van der Waals surface area contributed by atoms with E-state index in [1.54, 1.807) is 6.07 Å². The first kappa shape index (κ1) is 20.5. The second-order valence-electron chi connectivity index (χ2n) is 5.99. The summed E-state index contributed by atoms with van der Waals surface area (Å²) in [5.41, 5.74) is 0.673. The van der Waals surface area contributed by atoms with Gasteiger partial charge in [-0.25, -0.2) is 18.3 Å². The fourth-order valence-electron chi connectivity index (χ4n) is 2.56. The van der Waals surface area contributed by atoms with Crippen LogP contribution in [0, 0.1) is 0 Å². The van der Waals surface area contributed by atoms with Crippen LogP contribution in [0.3, 0.4) is 0 Å². The van der Waals surface area contributed by atoms with Crippen LogP contribution in [0.4, 0.5) is 4.79 Å². The van der Waals surface area contributed by atoms with Crippen LogP contribution < -0.4 is 0 Å². The van der Waals surface area contributed by atoms with Gasteiger partial charge < -0.3 is 0 Å². The lowest BCUT2D eigenvalue weighted by atomic mass is 10.2. The van der Waals surface area contributed by atoms with Crippen LogP contribution >= 0.6 is 43.5 Å². The number of fused-ring (bicyclic) bond motifs is 1. The molecular weight excluding hydrogens is 530 g/mol. The number of carbonyl (C=O) groups excluding carboxylic acids is 2. The first-order valence-corrected chi connectivity index (χ1v) is 11.0. The minimum atomic E-state index is -3.66. The van der Waals surface area contributed by atoms with Gasteiger partial charge in [0.25, 0.3) is 5.91 Å². The van der Waals surface area contributed by atoms with Gasteiger partial charge in [0, 0.05) is 33.3 Å². The van der Waals surface area contributed by atoms with Crippen molar-refractivity contribution in [1.29, 1.82) is 0 Å². The number of imide groups is 1. The van der Waals surface area contributed by atoms with Gasteiger partial charge in [-0.15, -0.1) is 11.6 Å². The van der Waals surface area contributed by atoms with E-state index in [2.05, 4.69) is 36.8 Å². The fraction of sp³-hybridized carbons (Fsp3) is 0.357. The zero-order valence-electron chi connectivity index (χ0n) is 14.1. The largest absolute Gasteiger partial charge is 0.336 e. The number of aromatic nitrogens is 3. The SMILES string of the molecule is CN(C)S(=O)(=O)n1cnc(C[C@@H](Cl)CN2C(=O)c3cc(Br)c(Br)n3C2=O)c1. The third-order valence-corrected chi connectivity index (χ3v) is 7.80. The summed E-state index contributed by atoms with van der Waals surface area (Å²) in [6.07, 6.45) is 2.73. The van der Waals surface area contributed by atoms with Crippen LogP contribution in [0.25, 0.3) is 0 Å². The molecule has 27 heavy (non-hydrogen) atoms. The Morgan fingerprint density at radius 1 is 1.30 bits per heavy atom.